The van der Waals surface area contributed by atoms with Gasteiger partial charge < -0.3 is 4.98 Å². The number of pyridine rings is 1. The molecule has 0 aliphatic heterocycles. The molecule has 0 spiro atoms. The van der Waals surface area contributed by atoms with E-state index in [4.69, 9.17) is 0 Å². The monoisotopic (exact) mass is 321 g/mol. The maximum Gasteiger partial charge on any atom is 0.418 e. The number of halogens is 3. The van der Waals surface area contributed by atoms with Crippen molar-refractivity contribution in [2.45, 2.75) is 24.9 Å². The van der Waals surface area contributed by atoms with E-state index in [1.54, 1.807) is 0 Å². The summed E-state index contributed by atoms with van der Waals surface area (Å²) in [6, 6.07) is 1.04. The van der Waals surface area contributed by atoms with E-state index in [9.17, 15) is 18.0 Å². The summed E-state index contributed by atoms with van der Waals surface area (Å²) in [6.07, 6.45) is -0.505. The standard InChI is InChI=1S/C14H10F3N5O/c15-14(16,17)8-3-7(4-18-9(8)6-1-2-6)10-11-12(20-5-19-10)22-13(23)21-11/h3-6H,1-2H2,(H2,19,20,21,22,23). The van der Waals surface area contributed by atoms with Crippen molar-refractivity contribution in [1.82, 2.24) is 24.9 Å². The Labute approximate surface area is 126 Å². The fourth-order valence-corrected chi connectivity index (χ4v) is 2.58. The molecule has 0 amide bonds. The van der Waals surface area contributed by atoms with Crippen LogP contribution < -0.4 is 5.69 Å². The lowest BCUT2D eigenvalue weighted by molar-refractivity contribution is -0.138. The first-order valence-electron chi connectivity index (χ1n) is 6.94. The predicted molar refractivity (Wildman–Crippen MR) is 74.7 cm³/mol. The van der Waals surface area contributed by atoms with Crippen LogP contribution in [0.5, 0.6) is 0 Å². The normalized spacial score (nSPS) is 15.3. The number of hydrogen-bond donors (Lipinski definition) is 2. The van der Waals surface area contributed by atoms with Crippen LogP contribution in [0.3, 0.4) is 0 Å². The number of fused-ring (bicyclic) bond motifs is 1. The van der Waals surface area contributed by atoms with Gasteiger partial charge in [0.15, 0.2) is 5.65 Å². The van der Waals surface area contributed by atoms with Gasteiger partial charge in [0.1, 0.15) is 17.5 Å². The van der Waals surface area contributed by atoms with Crippen molar-refractivity contribution in [3.8, 4) is 11.3 Å². The Morgan fingerprint density at radius 1 is 1.13 bits per heavy atom. The van der Waals surface area contributed by atoms with Crippen LogP contribution in [-0.2, 0) is 6.18 Å². The minimum atomic E-state index is -4.49. The molecule has 0 atom stereocenters. The zero-order chi connectivity index (χ0) is 16.2. The number of imidazole rings is 1. The predicted octanol–water partition coefficient (Wildman–Crippen LogP) is 2.60. The van der Waals surface area contributed by atoms with Gasteiger partial charge in [0.2, 0.25) is 0 Å². The van der Waals surface area contributed by atoms with Crippen molar-refractivity contribution in [3.05, 3.63) is 40.3 Å². The molecular weight excluding hydrogens is 311 g/mol. The van der Waals surface area contributed by atoms with Gasteiger partial charge in [0.05, 0.1) is 11.3 Å². The van der Waals surface area contributed by atoms with E-state index in [2.05, 4.69) is 24.9 Å². The lowest BCUT2D eigenvalue weighted by Gasteiger charge is -2.13. The summed E-state index contributed by atoms with van der Waals surface area (Å²) in [4.78, 5) is 28.2. The van der Waals surface area contributed by atoms with Crippen molar-refractivity contribution in [2.24, 2.45) is 0 Å². The number of nitrogens with one attached hydrogen (secondary N) is 2. The van der Waals surface area contributed by atoms with Crippen LogP contribution in [-0.4, -0.2) is 24.9 Å². The number of nitrogens with zero attached hydrogens (tertiary/aromatic N) is 3. The number of rotatable bonds is 2. The van der Waals surface area contributed by atoms with Gasteiger partial charge in [-0.15, -0.1) is 0 Å². The van der Waals surface area contributed by atoms with Gasteiger partial charge in [-0.25, -0.2) is 14.8 Å². The van der Waals surface area contributed by atoms with Crippen LogP contribution in [0.4, 0.5) is 13.2 Å². The molecule has 23 heavy (non-hydrogen) atoms. The van der Waals surface area contributed by atoms with E-state index >= 15 is 0 Å². The van der Waals surface area contributed by atoms with Crippen molar-refractivity contribution in [3.63, 3.8) is 0 Å². The van der Waals surface area contributed by atoms with Gasteiger partial charge >= 0.3 is 11.9 Å². The summed E-state index contributed by atoms with van der Waals surface area (Å²) >= 11 is 0. The van der Waals surface area contributed by atoms with Crippen molar-refractivity contribution in [2.75, 3.05) is 0 Å². The molecule has 1 aliphatic rings. The number of aromatic nitrogens is 5. The van der Waals surface area contributed by atoms with E-state index < -0.39 is 17.4 Å². The van der Waals surface area contributed by atoms with E-state index in [-0.39, 0.29) is 34.0 Å². The molecule has 3 aromatic heterocycles. The molecule has 0 radical (unpaired) electrons. The number of hydrogen-bond acceptors (Lipinski definition) is 4. The van der Waals surface area contributed by atoms with Gasteiger partial charge in [0, 0.05) is 17.7 Å². The minimum Gasteiger partial charge on any atom is -0.302 e. The molecule has 0 aromatic carbocycles. The highest BCUT2D eigenvalue weighted by Gasteiger charge is 2.39. The Bertz CT molecular complexity index is 955. The highest BCUT2D eigenvalue weighted by Crippen LogP contribution is 2.45. The summed E-state index contributed by atoms with van der Waals surface area (Å²) in [6.45, 7) is 0. The number of H-pyrrole nitrogens is 2. The summed E-state index contributed by atoms with van der Waals surface area (Å²) in [5.41, 5.74) is -0.291. The van der Waals surface area contributed by atoms with Gasteiger partial charge in [-0.2, -0.15) is 13.2 Å². The largest absolute Gasteiger partial charge is 0.418 e. The third-order valence-corrected chi connectivity index (χ3v) is 3.78. The van der Waals surface area contributed by atoms with Crippen molar-refractivity contribution < 1.29 is 13.2 Å². The maximum absolute atomic E-state index is 13.3. The molecule has 118 valence electrons. The smallest absolute Gasteiger partial charge is 0.302 e. The Balaban J connectivity index is 1.93. The molecule has 1 aliphatic carbocycles. The van der Waals surface area contributed by atoms with E-state index in [0.717, 1.165) is 18.9 Å². The Hall–Kier alpha value is -2.71. The van der Waals surface area contributed by atoms with Gasteiger partial charge in [-0.1, -0.05) is 0 Å². The van der Waals surface area contributed by atoms with Crippen molar-refractivity contribution in [1.29, 1.82) is 0 Å². The van der Waals surface area contributed by atoms with E-state index in [1.807, 2.05) is 0 Å². The highest BCUT2D eigenvalue weighted by atomic mass is 19.4. The summed E-state index contributed by atoms with van der Waals surface area (Å²) in [5, 5.41) is 0. The maximum atomic E-state index is 13.3. The second kappa shape index (κ2) is 4.64. The Kier molecular flexibility index (Phi) is 2.81. The fraction of sp³-hybridized carbons (Fsp3) is 0.286. The zero-order valence-corrected chi connectivity index (χ0v) is 11.6. The zero-order valence-electron chi connectivity index (χ0n) is 11.6. The topological polar surface area (TPSA) is 87.3 Å². The first-order chi connectivity index (χ1) is 10.9. The second-order valence-corrected chi connectivity index (χ2v) is 5.45. The number of alkyl halides is 3. The van der Waals surface area contributed by atoms with Crippen LogP contribution in [0.25, 0.3) is 22.4 Å². The molecule has 2 N–H and O–H groups in total. The molecule has 6 nitrogen and oxygen atoms in total. The molecule has 0 unspecified atom stereocenters. The molecule has 3 heterocycles. The third kappa shape index (κ3) is 2.37. The first kappa shape index (κ1) is 13.9. The molecule has 3 aromatic rings. The second-order valence-electron chi connectivity index (χ2n) is 5.45. The van der Waals surface area contributed by atoms with Crippen LogP contribution in [0.1, 0.15) is 30.0 Å². The molecular formula is C14H10F3N5O. The lowest BCUT2D eigenvalue weighted by atomic mass is 10.0. The van der Waals surface area contributed by atoms with Crippen LogP contribution in [0.15, 0.2) is 23.4 Å². The fourth-order valence-electron chi connectivity index (χ4n) is 2.58. The van der Waals surface area contributed by atoms with Gasteiger partial charge in [-0.05, 0) is 18.9 Å². The highest BCUT2D eigenvalue weighted by molar-refractivity contribution is 5.86. The summed E-state index contributed by atoms with van der Waals surface area (Å²) < 4.78 is 39.9. The average Bonchev–Trinajstić information content (AvgIpc) is 3.26. The number of aromatic amines is 2. The molecule has 0 saturated heterocycles. The van der Waals surface area contributed by atoms with E-state index in [1.165, 1.54) is 12.5 Å². The summed E-state index contributed by atoms with van der Waals surface area (Å²) in [7, 11) is 0. The Morgan fingerprint density at radius 2 is 1.91 bits per heavy atom. The minimum absolute atomic E-state index is 0.0779. The lowest BCUT2D eigenvalue weighted by Crippen LogP contribution is -2.11. The Morgan fingerprint density at radius 3 is 2.61 bits per heavy atom. The van der Waals surface area contributed by atoms with Crippen LogP contribution in [0.2, 0.25) is 0 Å². The molecule has 4 rings (SSSR count). The third-order valence-electron chi connectivity index (χ3n) is 3.78. The average molecular weight is 321 g/mol. The SMILES string of the molecule is O=c1[nH]c2ncnc(-c3cnc(C4CC4)c(C(F)(F)F)c3)c2[nH]1. The first-order valence-corrected chi connectivity index (χ1v) is 6.94. The van der Waals surface area contributed by atoms with Crippen LogP contribution in [0, 0.1) is 0 Å². The van der Waals surface area contributed by atoms with Crippen LogP contribution >= 0.6 is 0 Å². The van der Waals surface area contributed by atoms with Crippen molar-refractivity contribution >= 4 is 11.2 Å². The quantitative estimate of drug-likeness (QED) is 0.759. The molecule has 9 heteroatoms. The van der Waals surface area contributed by atoms with Gasteiger partial charge in [-0.3, -0.25) is 9.97 Å². The molecule has 1 saturated carbocycles. The summed E-state index contributed by atoms with van der Waals surface area (Å²) in [5.74, 6) is -0.127. The van der Waals surface area contributed by atoms with Gasteiger partial charge in [0.25, 0.3) is 0 Å². The van der Waals surface area contributed by atoms with E-state index in [0.29, 0.717) is 0 Å². The molecule has 0 bridgehead atoms. The molecule has 1 fully saturated rings.